The fourth-order valence-electron chi connectivity index (χ4n) is 10.3. The molecule has 0 spiro atoms. The van der Waals surface area contributed by atoms with Crippen LogP contribution in [0.1, 0.15) is 307 Å². The zero-order valence-corrected chi connectivity index (χ0v) is 43.4. The number of hydrogen-bond acceptors (Lipinski definition) is 3. The minimum Gasteiger partial charge on any atom is -0.379 e. The maximum absolute atomic E-state index is 14.0. The summed E-state index contributed by atoms with van der Waals surface area (Å²) in [6.07, 6.45) is 48.9. The second kappa shape index (κ2) is 37.7. The van der Waals surface area contributed by atoms with Gasteiger partial charge in [0.05, 0.1) is 17.8 Å². The molecule has 0 aromatic carbocycles. The SMILES string of the molecule is CCCCCCCCCCCCCCCCCC(CCCCCCCCCCCCCCCCC)C(=O)NCC(C)(CCC)CC(C)(C)CC(C)(C)OCCC(C)(C)OC. The summed E-state index contributed by atoms with van der Waals surface area (Å²) in [5.74, 6) is 0.492. The number of ether oxygens (including phenoxy) is 2. The first-order chi connectivity index (χ1) is 28.6. The fourth-order valence-corrected chi connectivity index (χ4v) is 10.3. The number of rotatable bonds is 46. The Labute approximate surface area is 379 Å². The van der Waals surface area contributed by atoms with Crippen molar-refractivity contribution in [2.45, 2.75) is 318 Å². The summed E-state index contributed by atoms with van der Waals surface area (Å²) in [5, 5.41) is 3.57. The standard InChI is InChI=1S/C56H113NO3/c1-12-15-17-19-21-23-25-27-29-31-33-35-37-39-41-43-51(44-42-40-38-36-34-32-30-28-26-24-22-20-18-16-13-2)52(58)57-50-56(10,45-14-3)49-53(4,5)48-55(8,9)60-47-46-54(6,7)59-11/h51H,12-50H2,1-11H3,(H,57,58). The van der Waals surface area contributed by atoms with Gasteiger partial charge < -0.3 is 14.8 Å². The summed E-state index contributed by atoms with van der Waals surface area (Å²) in [6, 6.07) is 0. The molecule has 0 saturated carbocycles. The Kier molecular flexibility index (Phi) is 37.4. The Morgan fingerprint density at radius 3 is 1.13 bits per heavy atom. The van der Waals surface area contributed by atoms with Crippen LogP contribution < -0.4 is 5.32 Å². The second-order valence-corrected chi connectivity index (χ2v) is 22.3. The van der Waals surface area contributed by atoms with E-state index in [-0.39, 0.29) is 27.9 Å². The van der Waals surface area contributed by atoms with Gasteiger partial charge in [0.25, 0.3) is 0 Å². The summed E-state index contributed by atoms with van der Waals surface area (Å²) in [7, 11) is 1.78. The van der Waals surface area contributed by atoms with Gasteiger partial charge in [-0.15, -0.1) is 0 Å². The Balaban J connectivity index is 4.93. The topological polar surface area (TPSA) is 47.6 Å². The van der Waals surface area contributed by atoms with Gasteiger partial charge in [-0.05, 0) is 77.0 Å². The molecule has 0 aliphatic carbocycles. The molecule has 0 radical (unpaired) electrons. The number of carbonyl (C=O) groups excluding carboxylic acids is 1. The van der Waals surface area contributed by atoms with Crippen LogP contribution in [0, 0.1) is 16.7 Å². The van der Waals surface area contributed by atoms with Crippen molar-refractivity contribution in [2.75, 3.05) is 20.3 Å². The van der Waals surface area contributed by atoms with Crippen LogP contribution in [0.3, 0.4) is 0 Å². The zero-order valence-electron chi connectivity index (χ0n) is 43.4. The lowest BCUT2D eigenvalue weighted by Crippen LogP contribution is -2.42. The predicted octanol–water partition coefficient (Wildman–Crippen LogP) is 18.5. The highest BCUT2D eigenvalue weighted by molar-refractivity contribution is 5.78. The minimum atomic E-state index is -0.213. The molecular weight excluding hydrogens is 735 g/mol. The number of nitrogens with one attached hydrogen (secondary N) is 1. The van der Waals surface area contributed by atoms with Crippen LogP contribution in [0.2, 0.25) is 0 Å². The smallest absolute Gasteiger partial charge is 0.223 e. The Morgan fingerprint density at radius 2 is 0.800 bits per heavy atom. The third-order valence-electron chi connectivity index (χ3n) is 13.8. The number of amides is 1. The van der Waals surface area contributed by atoms with Gasteiger partial charge in [-0.2, -0.15) is 0 Å². The van der Waals surface area contributed by atoms with E-state index in [0.29, 0.717) is 12.5 Å². The van der Waals surface area contributed by atoms with E-state index in [0.717, 1.165) is 51.5 Å². The average molecular weight is 849 g/mol. The Bertz CT molecular complexity index is 909. The molecule has 4 nitrogen and oxygen atoms in total. The molecule has 0 aromatic heterocycles. The largest absolute Gasteiger partial charge is 0.379 e. The van der Waals surface area contributed by atoms with E-state index in [2.05, 4.69) is 74.6 Å². The lowest BCUT2D eigenvalue weighted by atomic mass is 9.68. The van der Waals surface area contributed by atoms with Gasteiger partial charge in [0.1, 0.15) is 0 Å². The second-order valence-electron chi connectivity index (χ2n) is 22.3. The lowest BCUT2D eigenvalue weighted by molar-refractivity contribution is -0.126. The van der Waals surface area contributed by atoms with Gasteiger partial charge in [-0.25, -0.2) is 0 Å². The van der Waals surface area contributed by atoms with Crippen LogP contribution >= 0.6 is 0 Å². The number of methoxy groups -OCH3 is 1. The van der Waals surface area contributed by atoms with Crippen molar-refractivity contribution in [1.29, 1.82) is 0 Å². The maximum atomic E-state index is 14.0. The van der Waals surface area contributed by atoms with Crippen LogP contribution in [-0.4, -0.2) is 37.4 Å². The fraction of sp³-hybridized carbons (Fsp3) is 0.982. The first kappa shape index (κ1) is 59.4. The predicted molar refractivity (Wildman–Crippen MR) is 267 cm³/mol. The normalized spacial score (nSPS) is 13.7. The van der Waals surface area contributed by atoms with E-state index in [4.69, 9.17) is 9.47 Å². The van der Waals surface area contributed by atoms with Gasteiger partial charge >= 0.3 is 0 Å². The molecule has 1 N–H and O–H groups in total. The van der Waals surface area contributed by atoms with Crippen molar-refractivity contribution in [3.63, 3.8) is 0 Å². The quantitative estimate of drug-likeness (QED) is 0.0621. The van der Waals surface area contributed by atoms with Crippen LogP contribution in [0.25, 0.3) is 0 Å². The van der Waals surface area contributed by atoms with Gasteiger partial charge in [0.2, 0.25) is 5.91 Å². The highest BCUT2D eigenvalue weighted by Crippen LogP contribution is 2.42. The van der Waals surface area contributed by atoms with Crippen molar-refractivity contribution in [2.24, 2.45) is 16.7 Å². The molecular formula is C56H113NO3. The first-order valence-corrected chi connectivity index (χ1v) is 27.1. The summed E-state index contributed by atoms with van der Waals surface area (Å²) >= 11 is 0. The number of unbranched alkanes of at least 4 members (excludes halogenated alkanes) is 28. The summed E-state index contributed by atoms with van der Waals surface area (Å²) < 4.78 is 12.1. The monoisotopic (exact) mass is 848 g/mol. The molecule has 4 heteroatoms. The third kappa shape index (κ3) is 36.8. The molecule has 0 bridgehead atoms. The van der Waals surface area contributed by atoms with Gasteiger partial charge in [-0.1, -0.05) is 241 Å². The highest BCUT2D eigenvalue weighted by Gasteiger charge is 2.37. The summed E-state index contributed by atoms with van der Waals surface area (Å²) in [4.78, 5) is 14.0. The molecule has 1 amide bonds. The van der Waals surface area contributed by atoms with E-state index >= 15 is 0 Å². The summed E-state index contributed by atoms with van der Waals surface area (Å²) in [5.41, 5.74) is -0.221. The minimum absolute atomic E-state index is 0.0653. The molecule has 0 rings (SSSR count). The van der Waals surface area contributed by atoms with E-state index in [9.17, 15) is 4.79 Å². The van der Waals surface area contributed by atoms with Crippen LogP contribution in [0.4, 0.5) is 0 Å². The lowest BCUT2D eigenvalue weighted by Gasteiger charge is -2.42. The van der Waals surface area contributed by atoms with E-state index in [1.165, 1.54) is 193 Å². The van der Waals surface area contributed by atoms with Crippen molar-refractivity contribution < 1.29 is 14.3 Å². The van der Waals surface area contributed by atoms with Crippen molar-refractivity contribution in [3.8, 4) is 0 Å². The first-order valence-electron chi connectivity index (χ1n) is 27.1. The number of hydrogen-bond donors (Lipinski definition) is 1. The van der Waals surface area contributed by atoms with Gasteiger partial charge in [-0.3, -0.25) is 4.79 Å². The van der Waals surface area contributed by atoms with Crippen LogP contribution in [0.5, 0.6) is 0 Å². The highest BCUT2D eigenvalue weighted by atomic mass is 16.5. The molecule has 0 aliphatic heterocycles. The summed E-state index contributed by atoms with van der Waals surface area (Å²) in [6.45, 7) is 24.4. The molecule has 0 saturated heterocycles. The molecule has 0 aliphatic rings. The van der Waals surface area contributed by atoms with E-state index in [1.54, 1.807) is 7.11 Å². The average Bonchev–Trinajstić information content (AvgIpc) is 3.18. The van der Waals surface area contributed by atoms with Crippen LogP contribution in [0.15, 0.2) is 0 Å². The van der Waals surface area contributed by atoms with Crippen molar-refractivity contribution >= 4 is 5.91 Å². The van der Waals surface area contributed by atoms with Gasteiger partial charge in [0.15, 0.2) is 0 Å². The van der Waals surface area contributed by atoms with E-state index in [1.807, 2.05) is 0 Å². The Hall–Kier alpha value is -0.610. The zero-order chi connectivity index (χ0) is 44.9. The molecule has 0 heterocycles. The van der Waals surface area contributed by atoms with Crippen LogP contribution in [-0.2, 0) is 14.3 Å². The number of carbonyl (C=O) groups is 1. The van der Waals surface area contributed by atoms with Crippen molar-refractivity contribution in [1.82, 2.24) is 5.32 Å². The van der Waals surface area contributed by atoms with Gasteiger partial charge in [0, 0.05) is 19.6 Å². The molecule has 360 valence electrons. The molecule has 1 atom stereocenters. The molecule has 60 heavy (non-hydrogen) atoms. The van der Waals surface area contributed by atoms with Crippen molar-refractivity contribution in [3.05, 3.63) is 0 Å². The maximum Gasteiger partial charge on any atom is 0.223 e. The Morgan fingerprint density at radius 1 is 0.450 bits per heavy atom. The molecule has 0 aromatic rings. The molecule has 1 unspecified atom stereocenters. The third-order valence-corrected chi connectivity index (χ3v) is 13.8. The van der Waals surface area contributed by atoms with E-state index < -0.39 is 0 Å². The molecule has 0 fully saturated rings.